The van der Waals surface area contributed by atoms with E-state index in [9.17, 15) is 18.0 Å². The maximum absolute atomic E-state index is 11.9. The molecule has 1 rings (SSSR count). The zero-order valence-electron chi connectivity index (χ0n) is 8.44. The van der Waals surface area contributed by atoms with Gasteiger partial charge in [-0.2, -0.15) is 13.2 Å². The minimum Gasteiger partial charge on any atom is -0.348 e. The zero-order valence-corrected chi connectivity index (χ0v) is 10.8. The lowest BCUT2D eigenvalue weighted by atomic mass is 10.1. The smallest absolute Gasteiger partial charge is 0.348 e. The van der Waals surface area contributed by atoms with Gasteiger partial charge >= 0.3 is 12.1 Å². The minimum absolute atomic E-state index is 0.111. The van der Waals surface area contributed by atoms with Crippen LogP contribution in [0.15, 0.2) is 22.7 Å². The number of amides is 1. The summed E-state index contributed by atoms with van der Waals surface area (Å²) in [5.41, 5.74) is 0.678. The van der Waals surface area contributed by atoms with Crippen LogP contribution < -0.4 is 5.32 Å². The SMILES string of the molecule is O=C(NCCc1ccc(Br)cc1Cl)C(F)(F)F. The van der Waals surface area contributed by atoms with Crippen molar-refractivity contribution in [1.29, 1.82) is 0 Å². The lowest BCUT2D eigenvalue weighted by molar-refractivity contribution is -0.173. The molecule has 0 aliphatic heterocycles. The molecule has 0 saturated heterocycles. The van der Waals surface area contributed by atoms with Gasteiger partial charge in [-0.25, -0.2) is 0 Å². The van der Waals surface area contributed by atoms with Crippen LogP contribution in [0.4, 0.5) is 13.2 Å². The van der Waals surface area contributed by atoms with Gasteiger partial charge in [-0.05, 0) is 24.1 Å². The molecule has 0 saturated carbocycles. The molecule has 0 aliphatic carbocycles. The molecule has 17 heavy (non-hydrogen) atoms. The number of rotatable bonds is 3. The van der Waals surface area contributed by atoms with Crippen LogP contribution in [0.5, 0.6) is 0 Å². The van der Waals surface area contributed by atoms with Gasteiger partial charge in [-0.15, -0.1) is 0 Å². The third-order valence-corrected chi connectivity index (χ3v) is 2.80. The largest absolute Gasteiger partial charge is 0.471 e. The van der Waals surface area contributed by atoms with Gasteiger partial charge in [0.25, 0.3) is 0 Å². The number of carbonyl (C=O) groups excluding carboxylic acids is 1. The van der Waals surface area contributed by atoms with Crippen molar-refractivity contribution in [2.45, 2.75) is 12.6 Å². The zero-order chi connectivity index (χ0) is 13.1. The van der Waals surface area contributed by atoms with E-state index in [1.54, 1.807) is 23.5 Å². The van der Waals surface area contributed by atoms with Gasteiger partial charge in [0.05, 0.1) is 0 Å². The van der Waals surface area contributed by atoms with E-state index in [2.05, 4.69) is 15.9 Å². The second-order valence-corrected chi connectivity index (χ2v) is 4.56. The predicted molar refractivity (Wildman–Crippen MR) is 61.9 cm³/mol. The second-order valence-electron chi connectivity index (χ2n) is 3.24. The average Bonchev–Trinajstić information content (AvgIpc) is 2.19. The highest BCUT2D eigenvalue weighted by atomic mass is 79.9. The second kappa shape index (κ2) is 5.73. The van der Waals surface area contributed by atoms with E-state index in [0.717, 1.165) is 4.47 Å². The first-order valence-corrected chi connectivity index (χ1v) is 5.77. The fourth-order valence-electron chi connectivity index (χ4n) is 1.14. The van der Waals surface area contributed by atoms with Crippen LogP contribution in [-0.4, -0.2) is 18.6 Å². The highest BCUT2D eigenvalue weighted by Gasteiger charge is 2.38. The van der Waals surface area contributed by atoms with Crippen molar-refractivity contribution in [1.82, 2.24) is 5.32 Å². The molecule has 0 aliphatic rings. The number of hydrogen-bond donors (Lipinski definition) is 1. The van der Waals surface area contributed by atoms with E-state index in [0.29, 0.717) is 10.6 Å². The van der Waals surface area contributed by atoms with Crippen molar-refractivity contribution >= 4 is 33.4 Å². The Morgan fingerprint density at radius 2 is 2.06 bits per heavy atom. The molecular formula is C10H8BrClF3NO. The molecule has 0 heterocycles. The van der Waals surface area contributed by atoms with E-state index >= 15 is 0 Å². The first-order chi connectivity index (χ1) is 7.80. The Morgan fingerprint density at radius 3 is 2.59 bits per heavy atom. The van der Waals surface area contributed by atoms with Crippen LogP contribution in [0.3, 0.4) is 0 Å². The molecule has 2 nitrogen and oxygen atoms in total. The van der Waals surface area contributed by atoms with Crippen LogP contribution in [0, 0.1) is 0 Å². The van der Waals surface area contributed by atoms with Crippen molar-refractivity contribution in [2.75, 3.05) is 6.54 Å². The van der Waals surface area contributed by atoms with Gasteiger partial charge in [0.2, 0.25) is 0 Å². The Labute approximate surface area is 109 Å². The summed E-state index contributed by atoms with van der Waals surface area (Å²) >= 11 is 9.08. The molecule has 0 atom stereocenters. The van der Waals surface area contributed by atoms with Crippen LogP contribution in [0.1, 0.15) is 5.56 Å². The molecule has 0 spiro atoms. The Hall–Kier alpha value is -0.750. The van der Waals surface area contributed by atoms with E-state index in [-0.39, 0.29) is 13.0 Å². The molecule has 7 heteroatoms. The van der Waals surface area contributed by atoms with Crippen LogP contribution >= 0.6 is 27.5 Å². The molecule has 1 N–H and O–H groups in total. The summed E-state index contributed by atoms with van der Waals surface area (Å²) in [6, 6.07) is 5.06. The van der Waals surface area contributed by atoms with Crippen molar-refractivity contribution in [3.63, 3.8) is 0 Å². The first kappa shape index (κ1) is 14.3. The number of alkyl halides is 3. The first-order valence-electron chi connectivity index (χ1n) is 4.59. The molecule has 1 amide bonds. The van der Waals surface area contributed by atoms with E-state index in [1.807, 2.05) is 0 Å². The number of carbonyl (C=O) groups is 1. The molecule has 94 valence electrons. The summed E-state index contributed by atoms with van der Waals surface area (Å²) in [5.74, 6) is -1.94. The summed E-state index contributed by atoms with van der Waals surface area (Å²) in [6.07, 6.45) is -4.60. The summed E-state index contributed by atoms with van der Waals surface area (Å²) in [4.78, 5) is 10.5. The maximum atomic E-state index is 11.9. The molecule has 0 radical (unpaired) electrons. The maximum Gasteiger partial charge on any atom is 0.471 e. The monoisotopic (exact) mass is 329 g/mol. The number of halogens is 5. The van der Waals surface area contributed by atoms with Crippen LogP contribution in [-0.2, 0) is 11.2 Å². The Morgan fingerprint density at radius 1 is 1.41 bits per heavy atom. The van der Waals surface area contributed by atoms with Gasteiger partial charge in [0.1, 0.15) is 0 Å². The normalized spacial score (nSPS) is 11.4. The Kier molecular flexibility index (Phi) is 4.82. The third-order valence-electron chi connectivity index (χ3n) is 1.95. The molecular weight excluding hydrogens is 322 g/mol. The predicted octanol–water partition coefficient (Wildman–Crippen LogP) is 3.32. The van der Waals surface area contributed by atoms with E-state index in [4.69, 9.17) is 11.6 Å². The van der Waals surface area contributed by atoms with Crippen LogP contribution in [0.25, 0.3) is 0 Å². The summed E-state index contributed by atoms with van der Waals surface area (Å²) in [5, 5.41) is 2.22. The molecule has 1 aromatic rings. The molecule has 0 aromatic heterocycles. The van der Waals surface area contributed by atoms with E-state index in [1.165, 1.54) is 0 Å². The van der Waals surface area contributed by atoms with Gasteiger partial charge in [0, 0.05) is 16.0 Å². The van der Waals surface area contributed by atoms with Gasteiger partial charge in [-0.1, -0.05) is 33.6 Å². The fourth-order valence-corrected chi connectivity index (χ4v) is 1.90. The summed E-state index contributed by atoms with van der Waals surface area (Å²) in [6.45, 7) is -0.111. The van der Waals surface area contributed by atoms with Crippen LogP contribution in [0.2, 0.25) is 5.02 Å². The molecule has 1 aromatic carbocycles. The van der Waals surface area contributed by atoms with Crippen molar-refractivity contribution in [3.8, 4) is 0 Å². The third kappa shape index (κ3) is 4.55. The van der Waals surface area contributed by atoms with Gasteiger partial charge in [-0.3, -0.25) is 4.79 Å². The summed E-state index contributed by atoms with van der Waals surface area (Å²) in [7, 11) is 0. The molecule has 0 fully saturated rings. The lowest BCUT2D eigenvalue weighted by Crippen LogP contribution is -2.37. The van der Waals surface area contributed by atoms with Gasteiger partial charge < -0.3 is 5.32 Å². The average molecular weight is 331 g/mol. The number of benzene rings is 1. The molecule has 0 unspecified atom stereocenters. The molecule has 0 bridgehead atoms. The Balaban J connectivity index is 2.49. The highest BCUT2D eigenvalue weighted by Crippen LogP contribution is 2.21. The topological polar surface area (TPSA) is 29.1 Å². The fraction of sp³-hybridized carbons (Fsp3) is 0.300. The standard InChI is InChI=1S/C10H8BrClF3NO/c11-7-2-1-6(8(12)5-7)3-4-16-9(17)10(13,14)15/h1-2,5H,3-4H2,(H,16,17). The summed E-state index contributed by atoms with van der Waals surface area (Å²) < 4.78 is 36.4. The number of nitrogens with one attached hydrogen (secondary N) is 1. The lowest BCUT2D eigenvalue weighted by Gasteiger charge is -2.08. The van der Waals surface area contributed by atoms with Crippen molar-refractivity contribution < 1.29 is 18.0 Å². The quantitative estimate of drug-likeness (QED) is 0.905. The van der Waals surface area contributed by atoms with Crippen molar-refractivity contribution in [2.24, 2.45) is 0 Å². The van der Waals surface area contributed by atoms with Crippen molar-refractivity contribution in [3.05, 3.63) is 33.3 Å². The van der Waals surface area contributed by atoms with Gasteiger partial charge in [0.15, 0.2) is 0 Å². The number of hydrogen-bond acceptors (Lipinski definition) is 1. The minimum atomic E-state index is -4.84. The van der Waals surface area contributed by atoms with E-state index < -0.39 is 12.1 Å². The Bertz CT molecular complexity index is 423. The highest BCUT2D eigenvalue weighted by molar-refractivity contribution is 9.10.